The van der Waals surface area contributed by atoms with Crippen molar-refractivity contribution in [1.82, 2.24) is 9.80 Å². The van der Waals surface area contributed by atoms with Gasteiger partial charge in [0.15, 0.2) is 0 Å². The number of hydrogen-bond acceptors (Lipinski definition) is 3. The predicted molar refractivity (Wildman–Crippen MR) is 123 cm³/mol. The minimum absolute atomic E-state index is 0.193. The molecule has 1 spiro atoms. The zero-order valence-electron chi connectivity index (χ0n) is 19.7. The highest BCUT2D eigenvalue weighted by molar-refractivity contribution is 6.10. The quantitative estimate of drug-likeness (QED) is 0.604. The van der Waals surface area contributed by atoms with Gasteiger partial charge in [0.2, 0.25) is 5.91 Å². The smallest absolute Gasteiger partial charge is 0.324 e. The van der Waals surface area contributed by atoms with Crippen LogP contribution in [0.25, 0.3) is 0 Å². The van der Waals surface area contributed by atoms with E-state index in [0.717, 1.165) is 42.5 Å². The molecule has 2 fully saturated rings. The van der Waals surface area contributed by atoms with Crippen molar-refractivity contribution in [3.8, 4) is 0 Å². The second-order valence-corrected chi connectivity index (χ2v) is 9.59. The molecule has 1 aliphatic heterocycles. The van der Waals surface area contributed by atoms with Gasteiger partial charge in [-0.15, -0.1) is 0 Å². The van der Waals surface area contributed by atoms with E-state index in [1.165, 1.54) is 4.90 Å². The molecule has 1 saturated heterocycles. The Morgan fingerprint density at radius 3 is 2.13 bits per heavy atom. The maximum Gasteiger partial charge on any atom is 0.328 e. The lowest BCUT2D eigenvalue weighted by Gasteiger charge is -2.38. The van der Waals surface area contributed by atoms with E-state index in [9.17, 15) is 14.4 Å². The van der Waals surface area contributed by atoms with Gasteiger partial charge < -0.3 is 10.2 Å². The van der Waals surface area contributed by atoms with Crippen LogP contribution < -0.4 is 5.32 Å². The number of benzene rings is 1. The third-order valence-corrected chi connectivity index (χ3v) is 6.69. The highest BCUT2D eigenvalue weighted by atomic mass is 16.2. The molecule has 2 aliphatic rings. The van der Waals surface area contributed by atoms with Gasteiger partial charge in [0.05, 0.1) is 0 Å². The van der Waals surface area contributed by atoms with E-state index in [4.69, 9.17) is 0 Å². The van der Waals surface area contributed by atoms with E-state index in [2.05, 4.69) is 33.0 Å². The molecule has 0 atom stereocenters. The van der Waals surface area contributed by atoms with Crippen LogP contribution in [0.15, 0.2) is 18.2 Å². The first-order valence-corrected chi connectivity index (χ1v) is 11.8. The molecule has 0 bridgehead atoms. The minimum atomic E-state index is -0.745. The number of nitrogens with zero attached hydrogens (tertiary/aromatic N) is 2. The summed E-state index contributed by atoms with van der Waals surface area (Å²) in [4.78, 5) is 42.6. The molecule has 1 heterocycles. The van der Waals surface area contributed by atoms with Gasteiger partial charge in [-0.25, -0.2) is 4.79 Å². The summed E-state index contributed by atoms with van der Waals surface area (Å²) in [5.74, 6) is -0.0211. The van der Waals surface area contributed by atoms with Crippen molar-refractivity contribution >= 4 is 23.5 Å². The molecular weight excluding hydrogens is 390 g/mol. The van der Waals surface area contributed by atoms with E-state index in [-0.39, 0.29) is 36.2 Å². The number of urea groups is 1. The average Bonchev–Trinajstić information content (AvgIpc) is 2.91. The zero-order valence-corrected chi connectivity index (χ0v) is 19.7. The van der Waals surface area contributed by atoms with Gasteiger partial charge >= 0.3 is 6.03 Å². The molecule has 31 heavy (non-hydrogen) atoms. The van der Waals surface area contributed by atoms with Crippen LogP contribution in [-0.2, 0) is 9.59 Å². The molecule has 1 saturated carbocycles. The highest BCUT2D eigenvalue weighted by Gasteiger charge is 2.57. The van der Waals surface area contributed by atoms with Crippen LogP contribution in [-0.4, -0.2) is 46.3 Å². The Bertz CT molecular complexity index is 814. The van der Waals surface area contributed by atoms with Crippen LogP contribution in [0, 0.1) is 0 Å². The molecule has 1 aromatic carbocycles. The molecule has 170 valence electrons. The number of carbonyl (C=O) groups excluding carboxylic acids is 3. The van der Waals surface area contributed by atoms with E-state index in [1.807, 2.05) is 25.1 Å². The Morgan fingerprint density at radius 1 is 1.03 bits per heavy atom. The van der Waals surface area contributed by atoms with Gasteiger partial charge in [-0.1, -0.05) is 72.1 Å². The standard InChI is InChI=1S/C25H37N3O3/c1-6-15-28-24(31)27(23(30)25(28)13-8-7-9-14-25)16-21(29)26-22-19(17(2)3)11-10-12-20(22)18(4)5/h10-12,17-18H,6-9,13-16H2,1-5H3,(H,26,29). The van der Waals surface area contributed by atoms with Crippen LogP contribution in [0.2, 0.25) is 0 Å². The Labute approximate surface area is 186 Å². The number of hydrogen-bond donors (Lipinski definition) is 1. The molecule has 0 aromatic heterocycles. The number of nitrogens with one attached hydrogen (secondary N) is 1. The Kier molecular flexibility index (Phi) is 7.07. The summed E-state index contributed by atoms with van der Waals surface area (Å²) in [6, 6.07) is 5.75. The van der Waals surface area contributed by atoms with Crippen molar-refractivity contribution in [2.24, 2.45) is 0 Å². The van der Waals surface area contributed by atoms with E-state index in [0.29, 0.717) is 19.4 Å². The van der Waals surface area contributed by atoms with Gasteiger partial charge in [-0.05, 0) is 42.2 Å². The first kappa shape index (κ1) is 23.3. The topological polar surface area (TPSA) is 69.7 Å². The van der Waals surface area contributed by atoms with Gasteiger partial charge in [-0.3, -0.25) is 14.5 Å². The van der Waals surface area contributed by atoms with E-state index in [1.54, 1.807) is 4.90 Å². The van der Waals surface area contributed by atoms with Crippen LogP contribution in [0.1, 0.15) is 96.1 Å². The Balaban J connectivity index is 1.84. The van der Waals surface area contributed by atoms with Crippen molar-refractivity contribution < 1.29 is 14.4 Å². The second kappa shape index (κ2) is 9.41. The molecule has 1 aromatic rings. The number of amides is 4. The van der Waals surface area contributed by atoms with Crippen LogP contribution in [0.4, 0.5) is 10.5 Å². The maximum absolute atomic E-state index is 13.4. The maximum atomic E-state index is 13.4. The van der Waals surface area contributed by atoms with Crippen LogP contribution >= 0.6 is 0 Å². The van der Waals surface area contributed by atoms with Crippen molar-refractivity contribution in [3.63, 3.8) is 0 Å². The molecule has 0 radical (unpaired) electrons. The van der Waals surface area contributed by atoms with Crippen molar-refractivity contribution in [2.75, 3.05) is 18.4 Å². The fourth-order valence-corrected chi connectivity index (χ4v) is 5.09. The SMILES string of the molecule is CCCN1C(=O)N(CC(=O)Nc2c(C(C)C)cccc2C(C)C)C(=O)C12CCCCC2. The number of carbonyl (C=O) groups is 3. The fourth-order valence-electron chi connectivity index (χ4n) is 5.09. The lowest BCUT2D eigenvalue weighted by atomic mass is 9.80. The van der Waals surface area contributed by atoms with E-state index < -0.39 is 5.54 Å². The molecular formula is C25H37N3O3. The predicted octanol–water partition coefficient (Wildman–Crippen LogP) is 5.25. The summed E-state index contributed by atoms with van der Waals surface area (Å²) in [7, 11) is 0. The van der Waals surface area contributed by atoms with Gasteiger partial charge in [0.1, 0.15) is 12.1 Å². The lowest BCUT2D eigenvalue weighted by Crippen LogP contribution is -2.51. The molecule has 0 unspecified atom stereocenters. The molecule has 6 heteroatoms. The molecule has 4 amide bonds. The summed E-state index contributed by atoms with van der Waals surface area (Å²) < 4.78 is 0. The first-order chi connectivity index (χ1) is 14.7. The van der Waals surface area contributed by atoms with Gasteiger partial charge in [0.25, 0.3) is 5.91 Å². The Morgan fingerprint density at radius 2 is 1.61 bits per heavy atom. The number of para-hydroxylation sites is 1. The zero-order chi connectivity index (χ0) is 22.8. The third kappa shape index (κ3) is 4.35. The molecule has 1 aliphatic carbocycles. The van der Waals surface area contributed by atoms with Crippen LogP contribution in [0.3, 0.4) is 0 Å². The number of anilines is 1. The van der Waals surface area contributed by atoms with Gasteiger partial charge in [-0.2, -0.15) is 0 Å². The number of rotatable bonds is 7. The lowest BCUT2D eigenvalue weighted by molar-refractivity contribution is -0.136. The summed E-state index contributed by atoms with van der Waals surface area (Å²) in [5.41, 5.74) is 2.20. The largest absolute Gasteiger partial charge is 0.328 e. The molecule has 6 nitrogen and oxygen atoms in total. The van der Waals surface area contributed by atoms with Crippen molar-refractivity contribution in [2.45, 2.75) is 90.5 Å². The second-order valence-electron chi connectivity index (χ2n) is 9.59. The summed E-state index contributed by atoms with van der Waals surface area (Å²) in [6.07, 6.45) is 5.16. The third-order valence-electron chi connectivity index (χ3n) is 6.69. The summed E-state index contributed by atoms with van der Waals surface area (Å²) in [5, 5.41) is 3.04. The first-order valence-electron chi connectivity index (χ1n) is 11.8. The van der Waals surface area contributed by atoms with Crippen LogP contribution in [0.5, 0.6) is 0 Å². The fraction of sp³-hybridized carbons (Fsp3) is 0.640. The van der Waals surface area contributed by atoms with E-state index >= 15 is 0 Å². The monoisotopic (exact) mass is 427 g/mol. The average molecular weight is 428 g/mol. The van der Waals surface area contributed by atoms with Crippen molar-refractivity contribution in [1.29, 1.82) is 0 Å². The molecule has 1 N–H and O–H groups in total. The van der Waals surface area contributed by atoms with Crippen molar-refractivity contribution in [3.05, 3.63) is 29.3 Å². The normalized spacial score (nSPS) is 18.5. The molecule has 3 rings (SSSR count). The minimum Gasteiger partial charge on any atom is -0.324 e. The number of imide groups is 1. The van der Waals surface area contributed by atoms with Gasteiger partial charge in [0, 0.05) is 12.2 Å². The summed E-state index contributed by atoms with van der Waals surface area (Å²) >= 11 is 0. The summed E-state index contributed by atoms with van der Waals surface area (Å²) in [6.45, 7) is 10.7. The highest BCUT2D eigenvalue weighted by Crippen LogP contribution is 2.40. The Hall–Kier alpha value is -2.37.